The Bertz CT molecular complexity index is 2470. The molecule has 2 aliphatic carbocycles. The Morgan fingerprint density at radius 3 is 2.41 bits per heavy atom. The number of anilines is 2. The second-order valence-electron chi connectivity index (χ2n) is 14.4. The Hall–Kier alpha value is -5.08. The number of aromatic hydroxyl groups is 1. The summed E-state index contributed by atoms with van der Waals surface area (Å²) in [6.45, 7) is 1.75. The SMILES string of the molecule is COc1cc(C2C3=CCC4C(=O)N(c5ccc(-c6nc7ccccc7o6)cc5)C(=O)C4C3CC3C(=O)N(c4ccc(F)c(Cl)c4)C(=O)C32C)cc(I)c1O. The predicted octanol–water partition coefficient (Wildman–Crippen LogP) is 8.04. The lowest BCUT2D eigenvalue weighted by Crippen LogP contribution is -2.48. The molecule has 10 nitrogen and oxygen atoms in total. The van der Waals surface area contributed by atoms with E-state index in [1.54, 1.807) is 43.3 Å². The van der Waals surface area contributed by atoms with Gasteiger partial charge < -0.3 is 14.3 Å². The fourth-order valence-corrected chi connectivity index (χ4v) is 9.99. The smallest absolute Gasteiger partial charge is 0.241 e. The molecule has 272 valence electrons. The van der Waals surface area contributed by atoms with Crippen LogP contribution in [0.4, 0.5) is 15.8 Å². The number of fused-ring (bicyclic) bond motifs is 5. The van der Waals surface area contributed by atoms with Crippen LogP contribution in [0.3, 0.4) is 0 Å². The summed E-state index contributed by atoms with van der Waals surface area (Å²) in [5.74, 6) is -5.57. The summed E-state index contributed by atoms with van der Waals surface area (Å²) in [6, 6.07) is 21.4. The number of allylic oxidation sites excluding steroid dienone is 2. The fraction of sp³-hybridized carbons (Fsp3) is 0.244. The predicted molar refractivity (Wildman–Crippen MR) is 205 cm³/mol. The third kappa shape index (κ3) is 4.91. The van der Waals surface area contributed by atoms with Crippen LogP contribution in [-0.4, -0.2) is 40.8 Å². The molecule has 4 aromatic carbocycles. The van der Waals surface area contributed by atoms with Gasteiger partial charge >= 0.3 is 0 Å². The number of carbonyl (C=O) groups is 4. The number of halogens is 3. The fourth-order valence-electron chi connectivity index (χ4n) is 9.18. The molecule has 2 aliphatic heterocycles. The van der Waals surface area contributed by atoms with Crippen molar-refractivity contribution in [3.8, 4) is 23.0 Å². The summed E-state index contributed by atoms with van der Waals surface area (Å²) < 4.78 is 26.1. The van der Waals surface area contributed by atoms with Crippen molar-refractivity contribution in [2.24, 2.45) is 29.1 Å². The molecule has 1 saturated carbocycles. The van der Waals surface area contributed by atoms with Crippen LogP contribution in [-0.2, 0) is 19.2 Å². The van der Waals surface area contributed by atoms with Crippen LogP contribution in [0.15, 0.2) is 94.9 Å². The number of aromatic nitrogens is 1. The molecule has 1 aromatic heterocycles. The van der Waals surface area contributed by atoms with Crippen molar-refractivity contribution in [2.45, 2.75) is 25.7 Å². The van der Waals surface area contributed by atoms with Gasteiger partial charge in [0.1, 0.15) is 11.3 Å². The number of oxazole rings is 1. The lowest BCUT2D eigenvalue weighted by molar-refractivity contribution is -0.131. The first kappa shape index (κ1) is 34.7. The number of amides is 4. The van der Waals surface area contributed by atoms with E-state index >= 15 is 0 Å². The van der Waals surface area contributed by atoms with Gasteiger partial charge in [0.2, 0.25) is 29.5 Å². The van der Waals surface area contributed by atoms with Gasteiger partial charge in [0.05, 0.1) is 50.2 Å². The first-order valence-electron chi connectivity index (χ1n) is 17.4. The second kappa shape index (κ2) is 12.5. The van der Waals surface area contributed by atoms with E-state index in [0.717, 1.165) is 16.5 Å². The summed E-state index contributed by atoms with van der Waals surface area (Å²) in [5.41, 5.74) is 2.60. The third-order valence-corrected chi connectivity index (χ3v) is 12.8. The number of phenols is 1. The van der Waals surface area contributed by atoms with Crippen molar-refractivity contribution in [3.63, 3.8) is 0 Å². The lowest BCUT2D eigenvalue weighted by atomic mass is 9.51. The quantitative estimate of drug-likeness (QED) is 0.107. The molecule has 2 saturated heterocycles. The Morgan fingerprint density at radius 2 is 1.69 bits per heavy atom. The molecular formula is C41H30ClFIN3O7. The van der Waals surface area contributed by atoms with Crippen molar-refractivity contribution < 1.29 is 37.8 Å². The first-order chi connectivity index (χ1) is 25.9. The topological polar surface area (TPSA) is 130 Å². The highest BCUT2D eigenvalue weighted by Crippen LogP contribution is 2.64. The minimum absolute atomic E-state index is 0.0701. The average molecular weight is 858 g/mol. The van der Waals surface area contributed by atoms with Crippen LogP contribution >= 0.6 is 34.2 Å². The maximum absolute atomic E-state index is 14.7. The number of phenolic OH excluding ortho intramolecular Hbond substituents is 1. The number of ether oxygens (including phenoxy) is 1. The molecule has 6 unspecified atom stereocenters. The number of carbonyl (C=O) groups excluding carboxylic acids is 4. The number of rotatable bonds is 5. The van der Waals surface area contributed by atoms with Gasteiger partial charge in [-0.3, -0.25) is 24.1 Å². The number of hydrogen-bond acceptors (Lipinski definition) is 8. The first-order valence-corrected chi connectivity index (χ1v) is 18.8. The van der Waals surface area contributed by atoms with Crippen molar-refractivity contribution in [3.05, 3.63) is 110 Å². The number of para-hydroxylation sites is 2. The molecule has 3 heterocycles. The number of nitrogens with zero attached hydrogens (tertiary/aromatic N) is 3. The maximum Gasteiger partial charge on any atom is 0.241 e. The normalized spacial score (nSPS) is 26.2. The van der Waals surface area contributed by atoms with Gasteiger partial charge in [-0.2, -0.15) is 0 Å². The Morgan fingerprint density at radius 1 is 0.944 bits per heavy atom. The van der Waals surface area contributed by atoms with E-state index in [-0.39, 0.29) is 46.9 Å². The Kier molecular flexibility index (Phi) is 8.02. The summed E-state index contributed by atoms with van der Waals surface area (Å²) in [6.07, 6.45) is 2.33. The van der Waals surface area contributed by atoms with Gasteiger partial charge in [0, 0.05) is 11.5 Å². The van der Waals surface area contributed by atoms with E-state index in [4.69, 9.17) is 20.8 Å². The zero-order valence-corrected chi connectivity index (χ0v) is 31.7. The van der Waals surface area contributed by atoms with Gasteiger partial charge in [0.25, 0.3) is 0 Å². The van der Waals surface area contributed by atoms with Crippen LogP contribution in [0.2, 0.25) is 5.02 Å². The van der Waals surface area contributed by atoms with Crippen molar-refractivity contribution in [2.75, 3.05) is 16.9 Å². The van der Waals surface area contributed by atoms with Crippen molar-refractivity contribution in [1.29, 1.82) is 0 Å². The molecule has 6 atom stereocenters. The molecule has 4 amide bonds. The van der Waals surface area contributed by atoms with Gasteiger partial charge in [-0.15, -0.1) is 0 Å². The highest BCUT2D eigenvalue weighted by atomic mass is 127. The maximum atomic E-state index is 14.7. The molecule has 3 fully saturated rings. The second-order valence-corrected chi connectivity index (χ2v) is 15.9. The van der Waals surface area contributed by atoms with Gasteiger partial charge in [0.15, 0.2) is 17.1 Å². The Labute approximate surface area is 326 Å². The van der Waals surface area contributed by atoms with Crippen LogP contribution < -0.4 is 14.5 Å². The van der Waals surface area contributed by atoms with E-state index in [9.17, 15) is 28.7 Å². The molecule has 0 radical (unpaired) electrons. The molecule has 1 N–H and O–H groups in total. The van der Waals surface area contributed by atoms with E-state index in [1.807, 2.05) is 52.9 Å². The van der Waals surface area contributed by atoms with Crippen LogP contribution in [0.5, 0.6) is 11.5 Å². The number of hydrogen-bond donors (Lipinski definition) is 1. The number of methoxy groups -OCH3 is 1. The summed E-state index contributed by atoms with van der Waals surface area (Å²) in [5, 5.41) is 10.5. The van der Waals surface area contributed by atoms with Crippen LogP contribution in [0.1, 0.15) is 31.2 Å². The lowest BCUT2D eigenvalue weighted by Gasteiger charge is -2.49. The minimum atomic E-state index is -1.36. The Balaban J connectivity index is 1.12. The molecule has 13 heteroatoms. The third-order valence-electron chi connectivity index (χ3n) is 11.7. The van der Waals surface area contributed by atoms with Crippen molar-refractivity contribution in [1.82, 2.24) is 4.98 Å². The zero-order valence-electron chi connectivity index (χ0n) is 28.8. The molecule has 5 aromatic rings. The standard InChI is InChI=1S/C41H30ClFIN3O7/c1-41-26(38(50)47(40(41)52)22-11-14-28(43)27(42)17-22)18-25-23(34(41)20-15-29(44)35(48)32(16-20)53-2)12-13-24-33(25)39(51)46(37(24)49)21-9-7-19(8-10-21)36-45-30-5-3-4-6-31(30)54-36/h3-12,14-17,24-26,33-34,48H,13,18H2,1-2H3. The molecular weight excluding hydrogens is 828 g/mol. The average Bonchev–Trinajstić information content (AvgIpc) is 3.77. The summed E-state index contributed by atoms with van der Waals surface area (Å²) >= 11 is 8.11. The molecule has 0 bridgehead atoms. The van der Waals surface area contributed by atoms with Crippen LogP contribution in [0.25, 0.3) is 22.6 Å². The molecule has 9 rings (SSSR count). The van der Waals surface area contributed by atoms with E-state index in [2.05, 4.69) is 4.98 Å². The van der Waals surface area contributed by atoms with Crippen LogP contribution in [0, 0.1) is 38.5 Å². The van der Waals surface area contributed by atoms with E-state index < -0.39 is 52.6 Å². The van der Waals surface area contributed by atoms with Crippen molar-refractivity contribution >= 4 is 80.3 Å². The van der Waals surface area contributed by atoms with Gasteiger partial charge in [-0.05, 0) is 121 Å². The molecule has 4 aliphatic rings. The highest BCUT2D eigenvalue weighted by molar-refractivity contribution is 14.1. The minimum Gasteiger partial charge on any atom is -0.504 e. The molecule has 0 spiro atoms. The van der Waals surface area contributed by atoms with E-state index in [1.165, 1.54) is 24.1 Å². The number of benzene rings is 4. The van der Waals surface area contributed by atoms with Gasteiger partial charge in [-0.1, -0.05) is 35.4 Å². The monoisotopic (exact) mass is 857 g/mol. The highest BCUT2D eigenvalue weighted by Gasteiger charge is 2.67. The largest absolute Gasteiger partial charge is 0.504 e. The summed E-state index contributed by atoms with van der Waals surface area (Å²) in [7, 11) is 1.43. The molecule has 54 heavy (non-hydrogen) atoms. The van der Waals surface area contributed by atoms with Gasteiger partial charge in [-0.25, -0.2) is 14.3 Å². The number of imide groups is 2. The zero-order chi connectivity index (χ0) is 37.8. The van der Waals surface area contributed by atoms with E-state index in [0.29, 0.717) is 37.4 Å². The summed E-state index contributed by atoms with van der Waals surface area (Å²) in [4.78, 5) is 64.8.